The molecule has 2 aromatic rings. The summed E-state index contributed by atoms with van der Waals surface area (Å²) in [6.45, 7) is 1.05. The Labute approximate surface area is 142 Å². The summed E-state index contributed by atoms with van der Waals surface area (Å²) in [7, 11) is 2.03. The fourth-order valence-corrected chi connectivity index (χ4v) is 5.46. The van der Waals surface area contributed by atoms with Gasteiger partial charge in [0.25, 0.3) is 0 Å². The molecule has 1 aromatic carbocycles. The number of rotatable bonds is 5. The fraction of sp³-hybridized carbons (Fsp3) is 0.438. The second kappa shape index (κ2) is 7.27. The molecule has 0 fully saturated rings. The predicted molar refractivity (Wildman–Crippen MR) is 95.4 cm³/mol. The summed E-state index contributed by atoms with van der Waals surface area (Å²) in [6, 6.07) is 8.48. The minimum absolute atomic E-state index is 0.611. The molecule has 0 aliphatic heterocycles. The molecule has 21 heavy (non-hydrogen) atoms. The van der Waals surface area contributed by atoms with E-state index in [1.807, 2.05) is 30.1 Å². The summed E-state index contributed by atoms with van der Waals surface area (Å²) >= 11 is 7.31. The molecule has 5 heteroatoms. The molecule has 0 spiro atoms. The number of nitrogens with one attached hydrogen (secondary N) is 1. The Morgan fingerprint density at radius 2 is 2.38 bits per heavy atom. The van der Waals surface area contributed by atoms with Crippen molar-refractivity contribution >= 4 is 39.0 Å². The van der Waals surface area contributed by atoms with Crippen LogP contribution in [0.2, 0.25) is 0 Å². The van der Waals surface area contributed by atoms with E-state index < -0.39 is 0 Å². The first-order valence-corrected chi connectivity index (χ1v) is 9.87. The lowest BCUT2D eigenvalue weighted by Crippen LogP contribution is -2.21. The highest BCUT2D eigenvalue weighted by atomic mass is 79.9. The topological polar surface area (TPSA) is 24.9 Å². The summed E-state index contributed by atoms with van der Waals surface area (Å²) in [6.07, 6.45) is 3.80. The number of hydrogen-bond acceptors (Lipinski definition) is 4. The quantitative estimate of drug-likeness (QED) is 0.748. The number of fused-ring (bicyclic) bond motifs is 1. The van der Waals surface area contributed by atoms with Crippen molar-refractivity contribution in [1.82, 2.24) is 10.3 Å². The van der Waals surface area contributed by atoms with Crippen LogP contribution in [0.4, 0.5) is 0 Å². The molecule has 1 aliphatic rings. The number of hydrogen-bond donors (Lipinski definition) is 1. The molecule has 0 amide bonds. The van der Waals surface area contributed by atoms with E-state index in [1.54, 1.807) is 0 Å². The third-order valence-corrected chi connectivity index (χ3v) is 6.54. The molecule has 0 saturated heterocycles. The van der Waals surface area contributed by atoms with Crippen LogP contribution >= 0.6 is 39.0 Å². The maximum absolute atomic E-state index is 4.93. The molecule has 0 radical (unpaired) electrons. The number of benzene rings is 1. The van der Waals surface area contributed by atoms with Crippen molar-refractivity contribution in [3.8, 4) is 0 Å². The molecule has 0 bridgehead atoms. The number of aryl methyl sites for hydroxylation is 1. The van der Waals surface area contributed by atoms with Crippen molar-refractivity contribution in [3.63, 3.8) is 0 Å². The SMILES string of the molecule is CNCC1CCCc2sc(CSc3cccc(Br)c3)nc21. The monoisotopic (exact) mass is 382 g/mol. The summed E-state index contributed by atoms with van der Waals surface area (Å²) in [4.78, 5) is 7.75. The van der Waals surface area contributed by atoms with Crippen molar-refractivity contribution in [2.24, 2.45) is 0 Å². The minimum atomic E-state index is 0.611. The van der Waals surface area contributed by atoms with Gasteiger partial charge in [0.2, 0.25) is 0 Å². The summed E-state index contributed by atoms with van der Waals surface area (Å²) in [5, 5.41) is 4.58. The Hall–Kier alpha value is -0.360. The lowest BCUT2D eigenvalue weighted by Gasteiger charge is -2.20. The van der Waals surface area contributed by atoms with Crippen LogP contribution in [-0.2, 0) is 12.2 Å². The molecule has 1 aromatic heterocycles. The second-order valence-electron chi connectivity index (χ2n) is 5.31. The number of aromatic nitrogens is 1. The van der Waals surface area contributed by atoms with Crippen LogP contribution in [0.1, 0.15) is 34.3 Å². The first kappa shape index (κ1) is 15.5. The van der Waals surface area contributed by atoms with Gasteiger partial charge in [0.1, 0.15) is 5.01 Å². The van der Waals surface area contributed by atoms with Crippen LogP contribution in [0.15, 0.2) is 33.6 Å². The zero-order valence-electron chi connectivity index (χ0n) is 12.1. The van der Waals surface area contributed by atoms with Crippen LogP contribution in [0.5, 0.6) is 0 Å². The van der Waals surface area contributed by atoms with Gasteiger partial charge in [0, 0.05) is 26.7 Å². The second-order valence-corrected chi connectivity index (χ2v) is 8.44. The molecule has 1 unspecified atom stereocenters. The van der Waals surface area contributed by atoms with Crippen LogP contribution in [0.3, 0.4) is 0 Å². The first-order valence-electron chi connectivity index (χ1n) is 7.27. The van der Waals surface area contributed by atoms with Gasteiger partial charge in [-0.2, -0.15) is 0 Å². The van der Waals surface area contributed by atoms with Gasteiger partial charge in [-0.25, -0.2) is 4.98 Å². The highest BCUT2D eigenvalue weighted by Crippen LogP contribution is 2.36. The van der Waals surface area contributed by atoms with Gasteiger partial charge in [0.15, 0.2) is 0 Å². The van der Waals surface area contributed by atoms with Crippen molar-refractivity contribution in [2.75, 3.05) is 13.6 Å². The Morgan fingerprint density at radius 3 is 3.19 bits per heavy atom. The third kappa shape index (κ3) is 3.89. The third-order valence-electron chi connectivity index (χ3n) is 3.72. The lowest BCUT2D eigenvalue weighted by molar-refractivity contribution is 0.522. The minimum Gasteiger partial charge on any atom is -0.319 e. The van der Waals surface area contributed by atoms with E-state index in [1.165, 1.54) is 39.7 Å². The van der Waals surface area contributed by atoms with E-state index in [0.29, 0.717) is 5.92 Å². The van der Waals surface area contributed by atoms with Crippen LogP contribution in [0.25, 0.3) is 0 Å². The summed E-state index contributed by atoms with van der Waals surface area (Å²) < 4.78 is 1.14. The normalized spacial score (nSPS) is 17.7. The van der Waals surface area contributed by atoms with E-state index in [9.17, 15) is 0 Å². The van der Waals surface area contributed by atoms with Gasteiger partial charge >= 0.3 is 0 Å². The highest BCUT2D eigenvalue weighted by Gasteiger charge is 2.24. The number of halogens is 1. The van der Waals surface area contributed by atoms with Gasteiger partial charge < -0.3 is 5.32 Å². The average Bonchev–Trinajstić information content (AvgIpc) is 2.90. The zero-order valence-corrected chi connectivity index (χ0v) is 15.3. The van der Waals surface area contributed by atoms with E-state index >= 15 is 0 Å². The predicted octanol–water partition coefficient (Wildman–Crippen LogP) is 4.84. The Balaban J connectivity index is 1.69. The largest absolute Gasteiger partial charge is 0.319 e. The molecule has 1 N–H and O–H groups in total. The van der Waals surface area contributed by atoms with Crippen LogP contribution in [-0.4, -0.2) is 18.6 Å². The molecule has 1 heterocycles. The van der Waals surface area contributed by atoms with Gasteiger partial charge in [-0.05, 0) is 44.5 Å². The molecule has 1 aliphatic carbocycles. The van der Waals surface area contributed by atoms with Crippen LogP contribution < -0.4 is 5.32 Å². The average molecular weight is 383 g/mol. The zero-order chi connectivity index (χ0) is 14.7. The van der Waals surface area contributed by atoms with Gasteiger partial charge in [0.05, 0.1) is 11.4 Å². The molecular formula is C16H19BrN2S2. The fourth-order valence-electron chi connectivity index (χ4n) is 2.77. The number of nitrogens with zero attached hydrogens (tertiary/aromatic N) is 1. The number of likely N-dealkylation sites (N-methyl/N-ethyl adjacent to an activating group) is 1. The highest BCUT2D eigenvalue weighted by molar-refractivity contribution is 9.10. The first-order chi connectivity index (χ1) is 10.3. The van der Waals surface area contributed by atoms with Crippen molar-refractivity contribution in [2.45, 2.75) is 35.8 Å². The van der Waals surface area contributed by atoms with Crippen molar-refractivity contribution < 1.29 is 0 Å². The smallest absolute Gasteiger partial charge is 0.103 e. The number of thioether (sulfide) groups is 1. The van der Waals surface area contributed by atoms with Gasteiger partial charge in [-0.1, -0.05) is 22.0 Å². The maximum atomic E-state index is 4.93. The summed E-state index contributed by atoms with van der Waals surface area (Å²) in [5.74, 6) is 1.58. The Kier molecular flexibility index (Phi) is 5.38. The molecule has 3 rings (SSSR count). The molecular weight excluding hydrogens is 364 g/mol. The number of thiazole rings is 1. The molecule has 1 atom stereocenters. The molecule has 112 valence electrons. The van der Waals surface area contributed by atoms with E-state index in [-0.39, 0.29) is 0 Å². The van der Waals surface area contributed by atoms with E-state index in [2.05, 4.69) is 45.5 Å². The van der Waals surface area contributed by atoms with E-state index in [0.717, 1.165) is 16.8 Å². The Bertz CT molecular complexity index is 612. The molecule has 2 nitrogen and oxygen atoms in total. The van der Waals surface area contributed by atoms with Gasteiger partial charge in [-0.3, -0.25) is 0 Å². The molecule has 0 saturated carbocycles. The lowest BCUT2D eigenvalue weighted by atomic mass is 9.91. The van der Waals surface area contributed by atoms with E-state index in [4.69, 9.17) is 4.98 Å². The standard InChI is InChI=1S/C16H19BrN2S2/c1-18-9-11-4-2-7-14-16(11)19-15(21-14)10-20-13-6-3-5-12(17)8-13/h3,5-6,8,11,18H,2,4,7,9-10H2,1H3. The maximum Gasteiger partial charge on any atom is 0.103 e. The van der Waals surface area contributed by atoms with Crippen LogP contribution in [0, 0.1) is 0 Å². The summed E-state index contributed by atoms with van der Waals surface area (Å²) in [5.41, 5.74) is 1.37. The van der Waals surface area contributed by atoms with Gasteiger partial charge in [-0.15, -0.1) is 23.1 Å². The van der Waals surface area contributed by atoms with Crippen molar-refractivity contribution in [3.05, 3.63) is 44.3 Å². The van der Waals surface area contributed by atoms with Crippen molar-refractivity contribution in [1.29, 1.82) is 0 Å². The Morgan fingerprint density at radius 1 is 1.48 bits per heavy atom.